The summed E-state index contributed by atoms with van der Waals surface area (Å²) in [6, 6.07) is 9.61. The fraction of sp³-hybridized carbons (Fsp3) is 0.250. The van der Waals surface area contributed by atoms with Gasteiger partial charge < -0.3 is 15.8 Å². The van der Waals surface area contributed by atoms with Crippen LogP contribution in [-0.2, 0) is 6.54 Å². The summed E-state index contributed by atoms with van der Waals surface area (Å²) in [5, 5.41) is 3.02. The van der Waals surface area contributed by atoms with E-state index in [1.807, 2.05) is 19.9 Å². The summed E-state index contributed by atoms with van der Waals surface area (Å²) in [5.41, 5.74) is 6.67. The average molecular weight is 430 g/mol. The average Bonchev–Trinajstić information content (AvgIpc) is 2.47. The Balaban J connectivity index is 0.00000264. The van der Waals surface area contributed by atoms with E-state index in [-0.39, 0.29) is 35.8 Å². The second kappa shape index (κ2) is 9.29. The Kier molecular flexibility index (Phi) is 7.73. The number of guanidine groups is 1. The molecule has 1 aromatic carbocycles. The van der Waals surface area contributed by atoms with E-state index in [1.54, 1.807) is 24.4 Å². The van der Waals surface area contributed by atoms with Gasteiger partial charge in [0.05, 0.1) is 6.54 Å². The molecule has 0 aliphatic heterocycles. The van der Waals surface area contributed by atoms with Crippen molar-refractivity contribution in [3.05, 3.63) is 54.0 Å². The van der Waals surface area contributed by atoms with E-state index >= 15 is 0 Å². The van der Waals surface area contributed by atoms with Gasteiger partial charge in [0.25, 0.3) is 0 Å². The van der Waals surface area contributed by atoms with Gasteiger partial charge in [0, 0.05) is 18.3 Å². The SMILES string of the molecule is CC(C)NC(N)=NCc1ccnc(Oc2ccc(F)cc2)c1.I. The Labute approximate surface area is 152 Å². The number of nitrogens with one attached hydrogen (secondary N) is 1. The van der Waals surface area contributed by atoms with Gasteiger partial charge in [-0.1, -0.05) is 0 Å². The predicted molar refractivity (Wildman–Crippen MR) is 99.7 cm³/mol. The van der Waals surface area contributed by atoms with E-state index in [9.17, 15) is 4.39 Å². The van der Waals surface area contributed by atoms with Gasteiger partial charge in [-0.05, 0) is 49.7 Å². The molecule has 0 bridgehead atoms. The van der Waals surface area contributed by atoms with Crippen LogP contribution in [0.5, 0.6) is 11.6 Å². The normalized spacial score (nSPS) is 11.0. The highest BCUT2D eigenvalue weighted by Gasteiger charge is 2.02. The molecule has 1 aromatic heterocycles. The molecule has 2 aromatic rings. The molecule has 23 heavy (non-hydrogen) atoms. The number of halogens is 2. The van der Waals surface area contributed by atoms with Gasteiger partial charge in [-0.25, -0.2) is 14.4 Å². The Hall–Kier alpha value is -1.90. The number of aliphatic imine (C=N–C) groups is 1. The quantitative estimate of drug-likeness (QED) is 0.433. The summed E-state index contributed by atoms with van der Waals surface area (Å²) in [7, 11) is 0. The molecule has 1 heterocycles. The Morgan fingerprint density at radius 1 is 1.30 bits per heavy atom. The standard InChI is InChI=1S/C16H19FN4O.HI/c1-11(2)21-16(18)20-10-12-7-8-19-15(9-12)22-14-5-3-13(17)4-6-14;/h3-9,11H,10H2,1-2H3,(H3,18,20,21);1H. The zero-order chi connectivity index (χ0) is 15.9. The summed E-state index contributed by atoms with van der Waals surface area (Å²) in [6.45, 7) is 4.40. The molecule has 5 nitrogen and oxygen atoms in total. The molecule has 0 atom stereocenters. The van der Waals surface area contributed by atoms with Gasteiger partial charge in [-0.15, -0.1) is 24.0 Å². The van der Waals surface area contributed by atoms with E-state index in [4.69, 9.17) is 10.5 Å². The largest absolute Gasteiger partial charge is 0.439 e. The predicted octanol–water partition coefficient (Wildman–Crippen LogP) is 3.44. The monoisotopic (exact) mass is 430 g/mol. The molecule has 3 N–H and O–H groups in total. The van der Waals surface area contributed by atoms with E-state index in [0.29, 0.717) is 24.1 Å². The molecular weight excluding hydrogens is 410 g/mol. The molecule has 0 fully saturated rings. The molecule has 0 unspecified atom stereocenters. The lowest BCUT2D eigenvalue weighted by molar-refractivity contribution is 0.460. The number of benzene rings is 1. The molecule has 0 aliphatic carbocycles. The second-order valence-electron chi connectivity index (χ2n) is 5.06. The van der Waals surface area contributed by atoms with Crippen molar-refractivity contribution < 1.29 is 9.13 Å². The van der Waals surface area contributed by atoms with Crippen LogP contribution in [0.3, 0.4) is 0 Å². The third kappa shape index (κ3) is 6.81. The van der Waals surface area contributed by atoms with E-state index in [0.717, 1.165) is 5.56 Å². The number of hydrogen-bond acceptors (Lipinski definition) is 3. The highest BCUT2D eigenvalue weighted by Crippen LogP contribution is 2.20. The lowest BCUT2D eigenvalue weighted by Gasteiger charge is -2.09. The van der Waals surface area contributed by atoms with Crippen molar-refractivity contribution >= 4 is 29.9 Å². The maximum absolute atomic E-state index is 12.9. The number of aromatic nitrogens is 1. The van der Waals surface area contributed by atoms with Gasteiger partial charge in [-0.3, -0.25) is 0 Å². The van der Waals surface area contributed by atoms with Gasteiger partial charge in [0.15, 0.2) is 5.96 Å². The summed E-state index contributed by atoms with van der Waals surface area (Å²) in [6.07, 6.45) is 1.63. The second-order valence-corrected chi connectivity index (χ2v) is 5.06. The third-order valence-electron chi connectivity index (χ3n) is 2.70. The molecule has 2 rings (SSSR count). The summed E-state index contributed by atoms with van der Waals surface area (Å²) >= 11 is 0. The van der Waals surface area contributed by atoms with Crippen LogP contribution in [0.25, 0.3) is 0 Å². The summed E-state index contributed by atoms with van der Waals surface area (Å²) in [4.78, 5) is 8.37. The third-order valence-corrected chi connectivity index (χ3v) is 2.70. The molecular formula is C16H20FIN4O. The van der Waals surface area contributed by atoms with Gasteiger partial charge in [-0.2, -0.15) is 0 Å². The molecule has 7 heteroatoms. The zero-order valence-electron chi connectivity index (χ0n) is 13.0. The lowest BCUT2D eigenvalue weighted by Crippen LogP contribution is -2.36. The first-order chi connectivity index (χ1) is 10.5. The van der Waals surface area contributed by atoms with Gasteiger partial charge in [0.2, 0.25) is 5.88 Å². The maximum Gasteiger partial charge on any atom is 0.219 e. The minimum atomic E-state index is -0.309. The molecule has 124 valence electrons. The molecule has 0 saturated carbocycles. The number of nitrogens with two attached hydrogens (primary N) is 1. The first-order valence-corrected chi connectivity index (χ1v) is 6.98. The highest BCUT2D eigenvalue weighted by molar-refractivity contribution is 14.0. The first-order valence-electron chi connectivity index (χ1n) is 6.98. The van der Waals surface area contributed by atoms with Crippen molar-refractivity contribution in [1.82, 2.24) is 10.3 Å². The molecule has 0 spiro atoms. The Morgan fingerprint density at radius 3 is 2.65 bits per heavy atom. The smallest absolute Gasteiger partial charge is 0.219 e. The van der Waals surface area contributed by atoms with Crippen LogP contribution < -0.4 is 15.8 Å². The number of nitrogens with zero attached hydrogens (tertiary/aromatic N) is 2. The maximum atomic E-state index is 12.9. The minimum Gasteiger partial charge on any atom is -0.439 e. The van der Waals surface area contributed by atoms with Crippen LogP contribution in [-0.4, -0.2) is 17.0 Å². The molecule has 0 amide bonds. The van der Waals surface area contributed by atoms with Crippen molar-refractivity contribution in [3.63, 3.8) is 0 Å². The van der Waals surface area contributed by atoms with E-state index in [2.05, 4.69) is 15.3 Å². The molecule has 0 radical (unpaired) electrons. The highest BCUT2D eigenvalue weighted by atomic mass is 127. The van der Waals surface area contributed by atoms with Crippen LogP contribution in [0.2, 0.25) is 0 Å². The van der Waals surface area contributed by atoms with E-state index < -0.39 is 0 Å². The fourth-order valence-corrected chi connectivity index (χ4v) is 1.75. The number of rotatable bonds is 5. The van der Waals surface area contributed by atoms with Crippen molar-refractivity contribution in [1.29, 1.82) is 0 Å². The number of pyridine rings is 1. The Bertz CT molecular complexity index is 647. The zero-order valence-corrected chi connectivity index (χ0v) is 15.3. The van der Waals surface area contributed by atoms with Crippen molar-refractivity contribution in [3.8, 4) is 11.6 Å². The summed E-state index contributed by atoms with van der Waals surface area (Å²) < 4.78 is 18.4. The minimum absolute atomic E-state index is 0. The van der Waals surface area contributed by atoms with Gasteiger partial charge in [0.1, 0.15) is 11.6 Å². The lowest BCUT2D eigenvalue weighted by atomic mass is 10.2. The van der Waals surface area contributed by atoms with Crippen LogP contribution >= 0.6 is 24.0 Å². The van der Waals surface area contributed by atoms with Crippen LogP contribution in [0.15, 0.2) is 47.6 Å². The van der Waals surface area contributed by atoms with Crippen molar-refractivity contribution in [2.45, 2.75) is 26.4 Å². The van der Waals surface area contributed by atoms with Crippen LogP contribution in [0.4, 0.5) is 4.39 Å². The Morgan fingerprint density at radius 2 is 2.00 bits per heavy atom. The van der Waals surface area contributed by atoms with Crippen molar-refractivity contribution in [2.75, 3.05) is 0 Å². The number of ether oxygens (including phenoxy) is 1. The van der Waals surface area contributed by atoms with Crippen molar-refractivity contribution in [2.24, 2.45) is 10.7 Å². The summed E-state index contributed by atoms with van der Waals surface area (Å²) in [5.74, 6) is 1.04. The topological polar surface area (TPSA) is 72.5 Å². The first kappa shape index (κ1) is 19.1. The fourth-order valence-electron chi connectivity index (χ4n) is 1.75. The number of hydrogen-bond donors (Lipinski definition) is 2. The van der Waals surface area contributed by atoms with Crippen LogP contribution in [0.1, 0.15) is 19.4 Å². The molecule has 0 aliphatic rings. The van der Waals surface area contributed by atoms with E-state index in [1.165, 1.54) is 12.1 Å². The van der Waals surface area contributed by atoms with Crippen LogP contribution in [0, 0.1) is 5.82 Å². The van der Waals surface area contributed by atoms with Gasteiger partial charge >= 0.3 is 0 Å². The molecule has 0 saturated heterocycles.